The van der Waals surface area contributed by atoms with Crippen molar-refractivity contribution in [1.29, 1.82) is 0 Å². The van der Waals surface area contributed by atoms with Crippen LogP contribution in [0.5, 0.6) is 0 Å². The molecule has 1 unspecified atom stereocenters. The first-order chi connectivity index (χ1) is 9.74. The molecule has 1 aromatic heterocycles. The standard InChI is InChI=1S/C18H20N2/c1-13-5-3-4-6-17(13)14(2)20-12-15-7-8-16-9-10-19-18(16)11-15/h3-11,14,19-20H,12H2,1-2H3. The number of hydrogen-bond donors (Lipinski definition) is 2. The third kappa shape index (κ3) is 2.61. The van der Waals surface area contributed by atoms with Crippen molar-refractivity contribution in [3.05, 3.63) is 71.4 Å². The summed E-state index contributed by atoms with van der Waals surface area (Å²) in [6.07, 6.45) is 1.98. The lowest BCUT2D eigenvalue weighted by Gasteiger charge is -2.16. The van der Waals surface area contributed by atoms with Crippen LogP contribution < -0.4 is 5.32 Å². The van der Waals surface area contributed by atoms with Gasteiger partial charge in [0.15, 0.2) is 0 Å². The summed E-state index contributed by atoms with van der Waals surface area (Å²) in [4.78, 5) is 3.26. The molecule has 3 rings (SSSR count). The first-order valence-corrected chi connectivity index (χ1v) is 7.09. The molecule has 20 heavy (non-hydrogen) atoms. The maximum absolute atomic E-state index is 3.60. The molecule has 0 aliphatic rings. The number of aryl methyl sites for hydroxylation is 1. The van der Waals surface area contributed by atoms with E-state index in [1.54, 1.807) is 0 Å². The maximum atomic E-state index is 3.60. The van der Waals surface area contributed by atoms with Gasteiger partial charge in [0.2, 0.25) is 0 Å². The monoisotopic (exact) mass is 264 g/mol. The smallest absolute Gasteiger partial charge is 0.0457 e. The molecule has 0 aliphatic carbocycles. The third-order valence-electron chi connectivity index (χ3n) is 3.89. The minimum Gasteiger partial charge on any atom is -0.361 e. The Morgan fingerprint density at radius 2 is 1.95 bits per heavy atom. The van der Waals surface area contributed by atoms with E-state index in [0.29, 0.717) is 6.04 Å². The highest BCUT2D eigenvalue weighted by Crippen LogP contribution is 2.18. The lowest BCUT2D eigenvalue weighted by atomic mass is 10.0. The third-order valence-corrected chi connectivity index (χ3v) is 3.89. The van der Waals surface area contributed by atoms with Gasteiger partial charge in [-0.25, -0.2) is 0 Å². The van der Waals surface area contributed by atoms with Gasteiger partial charge in [0.25, 0.3) is 0 Å². The van der Waals surface area contributed by atoms with E-state index in [2.05, 4.69) is 72.7 Å². The number of rotatable bonds is 4. The summed E-state index contributed by atoms with van der Waals surface area (Å²) in [6.45, 7) is 5.26. The van der Waals surface area contributed by atoms with Crippen LogP contribution in [0.2, 0.25) is 0 Å². The van der Waals surface area contributed by atoms with E-state index in [0.717, 1.165) is 6.54 Å². The van der Waals surface area contributed by atoms with Crippen LogP contribution in [0.4, 0.5) is 0 Å². The summed E-state index contributed by atoms with van der Waals surface area (Å²) >= 11 is 0. The molecule has 0 amide bonds. The molecule has 2 N–H and O–H groups in total. The zero-order chi connectivity index (χ0) is 13.9. The maximum Gasteiger partial charge on any atom is 0.0457 e. The first-order valence-electron chi connectivity index (χ1n) is 7.09. The van der Waals surface area contributed by atoms with Gasteiger partial charge in [-0.2, -0.15) is 0 Å². The number of aromatic nitrogens is 1. The lowest BCUT2D eigenvalue weighted by molar-refractivity contribution is 0.572. The topological polar surface area (TPSA) is 27.8 Å². The first kappa shape index (κ1) is 12.9. The predicted octanol–water partition coefficient (Wildman–Crippen LogP) is 4.33. The van der Waals surface area contributed by atoms with Crippen molar-refractivity contribution in [2.24, 2.45) is 0 Å². The molecule has 1 atom stereocenters. The summed E-state index contributed by atoms with van der Waals surface area (Å²) < 4.78 is 0. The average molecular weight is 264 g/mol. The molecule has 1 heterocycles. The molecule has 0 saturated heterocycles. The summed E-state index contributed by atoms with van der Waals surface area (Å²) in [7, 11) is 0. The predicted molar refractivity (Wildman–Crippen MR) is 84.7 cm³/mol. The van der Waals surface area contributed by atoms with Crippen LogP contribution in [0.3, 0.4) is 0 Å². The molecule has 0 fully saturated rings. The van der Waals surface area contributed by atoms with Crippen molar-refractivity contribution in [3.8, 4) is 0 Å². The van der Waals surface area contributed by atoms with Crippen LogP contribution in [-0.2, 0) is 6.54 Å². The van der Waals surface area contributed by atoms with Crippen molar-refractivity contribution < 1.29 is 0 Å². The fourth-order valence-electron chi connectivity index (χ4n) is 2.66. The van der Waals surface area contributed by atoms with E-state index >= 15 is 0 Å². The molecule has 0 spiro atoms. The number of aromatic amines is 1. The summed E-state index contributed by atoms with van der Waals surface area (Å²) in [5.74, 6) is 0. The summed E-state index contributed by atoms with van der Waals surface area (Å²) in [5.41, 5.74) is 5.22. The van der Waals surface area contributed by atoms with Gasteiger partial charge in [-0.3, -0.25) is 0 Å². The highest BCUT2D eigenvalue weighted by Gasteiger charge is 2.07. The molecule has 0 saturated carbocycles. The Balaban J connectivity index is 1.71. The van der Waals surface area contributed by atoms with Gasteiger partial charge in [0.05, 0.1) is 0 Å². The minimum absolute atomic E-state index is 0.357. The van der Waals surface area contributed by atoms with Gasteiger partial charge in [-0.1, -0.05) is 36.4 Å². The Morgan fingerprint density at radius 1 is 1.10 bits per heavy atom. The van der Waals surface area contributed by atoms with E-state index < -0.39 is 0 Å². The van der Waals surface area contributed by atoms with Crippen LogP contribution in [0.25, 0.3) is 10.9 Å². The quantitative estimate of drug-likeness (QED) is 0.721. The van der Waals surface area contributed by atoms with E-state index in [4.69, 9.17) is 0 Å². The van der Waals surface area contributed by atoms with Crippen LogP contribution in [0.1, 0.15) is 29.7 Å². The number of benzene rings is 2. The average Bonchev–Trinajstić information content (AvgIpc) is 2.92. The molecule has 0 aliphatic heterocycles. The Hall–Kier alpha value is -2.06. The van der Waals surface area contributed by atoms with Crippen LogP contribution in [0.15, 0.2) is 54.7 Å². The molecule has 2 heteroatoms. The van der Waals surface area contributed by atoms with Gasteiger partial charge in [0, 0.05) is 24.3 Å². The van der Waals surface area contributed by atoms with Gasteiger partial charge in [0.1, 0.15) is 0 Å². The van der Waals surface area contributed by atoms with Crippen molar-refractivity contribution >= 4 is 10.9 Å². The highest BCUT2D eigenvalue weighted by molar-refractivity contribution is 5.79. The van der Waals surface area contributed by atoms with Crippen molar-refractivity contribution in [3.63, 3.8) is 0 Å². The molecule has 0 radical (unpaired) electrons. The van der Waals surface area contributed by atoms with Crippen LogP contribution in [0, 0.1) is 6.92 Å². The Labute approximate surface area is 119 Å². The van der Waals surface area contributed by atoms with E-state index in [-0.39, 0.29) is 0 Å². The highest BCUT2D eigenvalue weighted by atomic mass is 14.9. The van der Waals surface area contributed by atoms with Crippen molar-refractivity contribution in [2.45, 2.75) is 26.4 Å². The van der Waals surface area contributed by atoms with Gasteiger partial charge >= 0.3 is 0 Å². The number of fused-ring (bicyclic) bond motifs is 1. The molecular formula is C18H20N2. The second kappa shape index (κ2) is 5.51. The second-order valence-electron chi connectivity index (χ2n) is 5.36. The van der Waals surface area contributed by atoms with Crippen LogP contribution >= 0.6 is 0 Å². The van der Waals surface area contributed by atoms with Gasteiger partial charge in [-0.05, 0) is 48.1 Å². The molecular weight excluding hydrogens is 244 g/mol. The van der Waals surface area contributed by atoms with E-state index in [9.17, 15) is 0 Å². The second-order valence-corrected chi connectivity index (χ2v) is 5.36. The molecule has 3 aromatic rings. The van der Waals surface area contributed by atoms with Gasteiger partial charge in [-0.15, -0.1) is 0 Å². The Morgan fingerprint density at radius 3 is 2.80 bits per heavy atom. The Bertz CT molecular complexity index is 712. The minimum atomic E-state index is 0.357. The number of hydrogen-bond acceptors (Lipinski definition) is 1. The number of H-pyrrole nitrogens is 1. The molecule has 2 nitrogen and oxygen atoms in total. The van der Waals surface area contributed by atoms with E-state index in [1.165, 1.54) is 27.6 Å². The van der Waals surface area contributed by atoms with Crippen LogP contribution in [-0.4, -0.2) is 4.98 Å². The van der Waals surface area contributed by atoms with Crippen molar-refractivity contribution in [1.82, 2.24) is 10.3 Å². The van der Waals surface area contributed by atoms with Gasteiger partial charge < -0.3 is 10.3 Å². The normalized spacial score (nSPS) is 12.7. The summed E-state index contributed by atoms with van der Waals surface area (Å²) in [6, 6.07) is 17.6. The largest absolute Gasteiger partial charge is 0.361 e. The fraction of sp³-hybridized carbons (Fsp3) is 0.222. The summed E-state index contributed by atoms with van der Waals surface area (Å²) in [5, 5.41) is 4.86. The zero-order valence-electron chi connectivity index (χ0n) is 12.0. The number of nitrogens with one attached hydrogen (secondary N) is 2. The molecule has 2 aromatic carbocycles. The van der Waals surface area contributed by atoms with E-state index in [1.807, 2.05) is 6.20 Å². The molecule has 0 bridgehead atoms. The zero-order valence-corrected chi connectivity index (χ0v) is 12.0. The SMILES string of the molecule is Cc1ccccc1C(C)NCc1ccc2cc[nH]c2c1. The molecule has 102 valence electrons. The fourth-order valence-corrected chi connectivity index (χ4v) is 2.66. The lowest BCUT2D eigenvalue weighted by Crippen LogP contribution is -2.18. The Kier molecular flexibility index (Phi) is 3.57. The van der Waals surface area contributed by atoms with Crippen molar-refractivity contribution in [2.75, 3.05) is 0 Å².